The van der Waals surface area contributed by atoms with Crippen LogP contribution in [0.5, 0.6) is 0 Å². The minimum atomic E-state index is -1.26. The molecule has 1 aromatic carbocycles. The molecule has 0 radical (unpaired) electrons. The van der Waals surface area contributed by atoms with E-state index in [4.69, 9.17) is 9.47 Å². The van der Waals surface area contributed by atoms with Gasteiger partial charge in [-0.3, -0.25) is 19.9 Å². The molecule has 0 bridgehead atoms. The molecule has 11 nitrogen and oxygen atoms in total. The molecule has 1 fully saturated rings. The number of nitrogens with zero attached hydrogens (tertiary/aromatic N) is 3. The smallest absolute Gasteiger partial charge is 0.477 e. The van der Waals surface area contributed by atoms with E-state index < -0.39 is 40.5 Å². The van der Waals surface area contributed by atoms with Crippen molar-refractivity contribution < 1.29 is 33.9 Å². The fourth-order valence-electron chi connectivity index (χ4n) is 4.24. The maximum absolute atomic E-state index is 13.0. The molecule has 0 aliphatic carbocycles. The third kappa shape index (κ3) is 4.83. The van der Waals surface area contributed by atoms with Gasteiger partial charge in [-0.15, -0.1) is 0 Å². The lowest BCUT2D eigenvalue weighted by atomic mass is 9.76. The fourth-order valence-corrected chi connectivity index (χ4v) is 5.32. The van der Waals surface area contributed by atoms with Crippen LogP contribution in [0.15, 0.2) is 64.3 Å². The number of thioether (sulfide) groups is 1. The van der Waals surface area contributed by atoms with Gasteiger partial charge < -0.3 is 19.5 Å². The van der Waals surface area contributed by atoms with Gasteiger partial charge >= 0.3 is 12.1 Å². The first-order chi connectivity index (χ1) is 16.6. The molecule has 1 N–H and O–H groups in total. The van der Waals surface area contributed by atoms with Gasteiger partial charge in [-0.1, -0.05) is 11.8 Å². The Labute approximate surface area is 203 Å². The maximum atomic E-state index is 13.0. The average Bonchev–Trinajstić information content (AvgIpc) is 3.11. The summed E-state index contributed by atoms with van der Waals surface area (Å²) in [6.07, 6.45) is 2.51. The van der Waals surface area contributed by atoms with Crippen molar-refractivity contribution in [3.05, 3.63) is 75.1 Å². The third-order valence-corrected chi connectivity index (χ3v) is 6.93. The first-order valence-electron chi connectivity index (χ1n) is 10.5. The Morgan fingerprint density at radius 2 is 1.89 bits per heavy atom. The van der Waals surface area contributed by atoms with Crippen molar-refractivity contribution in [2.24, 2.45) is 5.92 Å². The Morgan fingerprint density at radius 3 is 2.49 bits per heavy atom. The van der Waals surface area contributed by atoms with E-state index in [2.05, 4.69) is 4.98 Å². The zero-order valence-electron chi connectivity index (χ0n) is 18.7. The number of nitro benzene ring substituents is 1. The Morgan fingerprint density at radius 1 is 1.23 bits per heavy atom. The monoisotopic (exact) mass is 499 g/mol. The van der Waals surface area contributed by atoms with Crippen LogP contribution in [0.2, 0.25) is 0 Å². The number of hydrogen-bond donors (Lipinski definition) is 1. The molecule has 1 aromatic heterocycles. The number of fused-ring (bicyclic) bond motifs is 1. The number of amides is 1. The summed E-state index contributed by atoms with van der Waals surface area (Å²) >= 11 is 1.26. The number of carbonyl (C=O) groups is 3. The zero-order chi connectivity index (χ0) is 25.3. The highest BCUT2D eigenvalue weighted by Gasteiger charge is 2.61. The highest BCUT2D eigenvalue weighted by atomic mass is 32.2. The van der Waals surface area contributed by atoms with Gasteiger partial charge in [0.15, 0.2) is 0 Å². The summed E-state index contributed by atoms with van der Waals surface area (Å²) in [6.45, 7) is 2.99. The molecular weight excluding hydrogens is 478 g/mol. The number of benzene rings is 1. The molecular formula is C23H21N3O8S. The molecule has 0 unspecified atom stereocenters. The van der Waals surface area contributed by atoms with Gasteiger partial charge in [-0.05, 0) is 43.7 Å². The average molecular weight is 500 g/mol. The van der Waals surface area contributed by atoms with E-state index in [9.17, 15) is 29.6 Å². The van der Waals surface area contributed by atoms with Crippen LogP contribution in [0.4, 0.5) is 10.5 Å². The molecule has 1 saturated heterocycles. The van der Waals surface area contributed by atoms with Crippen LogP contribution in [-0.4, -0.2) is 49.6 Å². The van der Waals surface area contributed by atoms with Crippen LogP contribution in [0.3, 0.4) is 0 Å². The Hall–Kier alpha value is -3.93. The van der Waals surface area contributed by atoms with Gasteiger partial charge in [0.05, 0.1) is 16.9 Å². The number of ether oxygens (including phenoxy) is 2. The van der Waals surface area contributed by atoms with Gasteiger partial charge in [0.1, 0.15) is 17.9 Å². The molecule has 3 heterocycles. The SMILES string of the molecule is CC(C)(OC(=O)OCc1ccc([N+](=O)[O-])cc1)[C@H]1C(=O)N2C(C(=O)O)=C(Sc3ccncc3)C[C@H]12. The Kier molecular flexibility index (Phi) is 6.48. The van der Waals surface area contributed by atoms with Crippen LogP contribution in [0, 0.1) is 16.0 Å². The normalized spacial score (nSPS) is 19.1. The number of non-ortho nitro benzene ring substituents is 1. The van der Waals surface area contributed by atoms with E-state index in [0.29, 0.717) is 16.9 Å². The molecule has 2 aliphatic rings. The molecule has 182 valence electrons. The van der Waals surface area contributed by atoms with Crippen molar-refractivity contribution in [1.29, 1.82) is 0 Å². The van der Waals surface area contributed by atoms with Crippen LogP contribution < -0.4 is 0 Å². The molecule has 12 heteroatoms. The predicted molar refractivity (Wildman–Crippen MR) is 122 cm³/mol. The summed E-state index contributed by atoms with van der Waals surface area (Å²) < 4.78 is 10.6. The maximum Gasteiger partial charge on any atom is 0.509 e. The standard InChI is InChI=1S/C23H21N3O8S/c1-23(2,34-22(30)33-12-13-3-5-14(6-4-13)26(31)32)18-16-11-17(35-15-7-9-24-10-8-15)19(21(28)29)25(16)20(18)27/h3-10,16,18H,11-12H2,1-2H3,(H,28,29)/t16-,18-/m1/s1. The van der Waals surface area contributed by atoms with E-state index in [1.165, 1.54) is 40.9 Å². The molecule has 35 heavy (non-hydrogen) atoms. The minimum absolute atomic E-state index is 0.0605. The number of aromatic nitrogens is 1. The lowest BCUT2D eigenvalue weighted by Crippen LogP contribution is -2.66. The summed E-state index contributed by atoms with van der Waals surface area (Å²) in [7, 11) is 0. The van der Waals surface area contributed by atoms with Crippen molar-refractivity contribution in [1.82, 2.24) is 9.88 Å². The second-order valence-electron chi connectivity index (χ2n) is 8.49. The topological polar surface area (TPSA) is 149 Å². The molecule has 2 atom stereocenters. The number of β-lactam (4-membered cyclic amide) rings is 1. The molecule has 0 saturated carbocycles. The molecule has 0 spiro atoms. The number of carboxylic acid groups (broad SMARTS) is 1. The van der Waals surface area contributed by atoms with Crippen LogP contribution in [-0.2, 0) is 25.7 Å². The summed E-state index contributed by atoms with van der Waals surface area (Å²) in [5.74, 6) is -2.39. The van der Waals surface area contributed by atoms with Crippen LogP contribution in [0.25, 0.3) is 0 Å². The lowest BCUT2D eigenvalue weighted by molar-refractivity contribution is -0.384. The van der Waals surface area contributed by atoms with Gasteiger partial charge in [0.25, 0.3) is 5.69 Å². The van der Waals surface area contributed by atoms with E-state index >= 15 is 0 Å². The Bertz CT molecular complexity index is 1210. The van der Waals surface area contributed by atoms with E-state index in [-0.39, 0.29) is 18.0 Å². The van der Waals surface area contributed by atoms with Crippen molar-refractivity contribution in [3.8, 4) is 0 Å². The number of nitro groups is 1. The summed E-state index contributed by atoms with van der Waals surface area (Å²) in [6, 6.07) is 8.55. The van der Waals surface area contributed by atoms with Gasteiger partial charge in [-0.25, -0.2) is 9.59 Å². The first-order valence-corrected chi connectivity index (χ1v) is 11.4. The molecule has 2 aromatic rings. The lowest BCUT2D eigenvalue weighted by Gasteiger charge is -2.49. The van der Waals surface area contributed by atoms with Crippen molar-refractivity contribution in [2.45, 2.75) is 43.4 Å². The van der Waals surface area contributed by atoms with Crippen molar-refractivity contribution in [3.63, 3.8) is 0 Å². The van der Waals surface area contributed by atoms with Gasteiger partial charge in [-0.2, -0.15) is 0 Å². The van der Waals surface area contributed by atoms with Crippen LogP contribution in [0.1, 0.15) is 25.8 Å². The van der Waals surface area contributed by atoms with Crippen LogP contribution >= 0.6 is 11.8 Å². The van der Waals surface area contributed by atoms with E-state index in [1.807, 2.05) is 0 Å². The highest BCUT2D eigenvalue weighted by molar-refractivity contribution is 8.03. The van der Waals surface area contributed by atoms with Gasteiger partial charge in [0, 0.05) is 40.7 Å². The first kappa shape index (κ1) is 24.2. The molecule has 1 amide bonds. The quantitative estimate of drug-likeness (QED) is 0.246. The van der Waals surface area contributed by atoms with E-state index in [0.717, 1.165) is 4.90 Å². The zero-order valence-corrected chi connectivity index (χ0v) is 19.6. The predicted octanol–water partition coefficient (Wildman–Crippen LogP) is 3.74. The minimum Gasteiger partial charge on any atom is -0.477 e. The molecule has 2 aliphatic heterocycles. The number of pyridine rings is 1. The Balaban J connectivity index is 1.40. The summed E-state index contributed by atoms with van der Waals surface area (Å²) in [5.41, 5.74) is -0.877. The number of hydrogen-bond acceptors (Lipinski definition) is 9. The summed E-state index contributed by atoms with van der Waals surface area (Å²) in [5, 5.41) is 20.5. The fraction of sp³-hybridized carbons (Fsp3) is 0.304. The number of carboxylic acids is 1. The van der Waals surface area contributed by atoms with Gasteiger partial charge in [0.2, 0.25) is 5.91 Å². The number of carbonyl (C=O) groups excluding carboxylic acids is 2. The van der Waals surface area contributed by atoms with Crippen molar-refractivity contribution in [2.75, 3.05) is 0 Å². The van der Waals surface area contributed by atoms with E-state index in [1.54, 1.807) is 38.4 Å². The number of rotatable bonds is 8. The second-order valence-corrected chi connectivity index (χ2v) is 9.66. The second kappa shape index (κ2) is 9.37. The largest absolute Gasteiger partial charge is 0.509 e. The summed E-state index contributed by atoms with van der Waals surface area (Å²) in [4.78, 5) is 54.0. The molecule has 4 rings (SSSR count). The third-order valence-electron chi connectivity index (χ3n) is 5.81. The number of aliphatic carboxylic acids is 1. The van der Waals surface area contributed by atoms with Crippen molar-refractivity contribution >= 4 is 35.5 Å². The highest BCUT2D eigenvalue weighted by Crippen LogP contribution is 2.51.